The Hall–Kier alpha value is -5.91. The van der Waals surface area contributed by atoms with Crippen LogP contribution in [0.5, 0.6) is 0 Å². The smallest absolute Gasteiger partial charge is 0.322 e. The molecule has 0 aromatic heterocycles. The first-order valence-electron chi connectivity index (χ1n) is 21.6. The van der Waals surface area contributed by atoms with E-state index in [4.69, 9.17) is 15.9 Å². The number of carbonyl (C=O) groups excluding carboxylic acids is 10. The van der Waals surface area contributed by atoms with Gasteiger partial charge in [-0.1, -0.05) is 13.3 Å². The Labute approximate surface area is 373 Å². The molecule has 2 saturated heterocycles. The molecule has 2 fully saturated rings. The molecule has 2 rings (SSSR count). The van der Waals surface area contributed by atoms with Gasteiger partial charge in [-0.3, -0.25) is 52.7 Å². The molecule has 10 amide bonds. The third-order valence-corrected chi connectivity index (χ3v) is 10.1. The van der Waals surface area contributed by atoms with Gasteiger partial charge >= 0.3 is 5.97 Å². The maximum Gasteiger partial charge on any atom is 0.322 e. The lowest BCUT2D eigenvalue weighted by atomic mass is 10.1. The molecule has 0 bridgehead atoms. The number of hydrogen-bond acceptors (Lipinski definition) is 13. The van der Waals surface area contributed by atoms with Gasteiger partial charge in [0.25, 0.3) is 0 Å². The number of aliphatic hydroxyl groups excluding tert-OH is 1. The molecule has 2 aliphatic heterocycles. The molecule has 0 aromatic carbocycles. The Bertz CT molecular complexity index is 1640. The fourth-order valence-electron chi connectivity index (χ4n) is 6.69. The van der Waals surface area contributed by atoms with Crippen LogP contribution in [0.25, 0.3) is 0 Å². The number of aliphatic hydroxyl groups is 1. The number of carboxylic acid groups (broad SMARTS) is 1. The van der Waals surface area contributed by atoms with Crippen LogP contribution in [0, 0.1) is 0 Å². The zero-order chi connectivity index (χ0) is 48.5. The van der Waals surface area contributed by atoms with Crippen molar-refractivity contribution in [3.8, 4) is 0 Å². The molecule has 4 atom stereocenters. The molecule has 0 aromatic rings. The average Bonchev–Trinajstić information content (AvgIpc) is 3.97. The molecule has 0 saturated carbocycles. The Balaban J connectivity index is 0.00000386. The molecule has 362 valence electrons. The van der Waals surface area contributed by atoms with E-state index in [0.717, 1.165) is 24.2 Å². The van der Waals surface area contributed by atoms with Crippen molar-refractivity contribution in [1.82, 2.24) is 51.9 Å². The summed E-state index contributed by atoms with van der Waals surface area (Å²) in [4.78, 5) is 141. The van der Waals surface area contributed by atoms with Crippen molar-refractivity contribution in [3.63, 3.8) is 0 Å². The number of primary amides is 1. The largest absolute Gasteiger partial charge is 0.480 e. The number of hydrogen-bond donors (Lipinski definition) is 10. The van der Waals surface area contributed by atoms with Crippen LogP contribution in [-0.2, 0) is 52.7 Å². The van der Waals surface area contributed by atoms with Gasteiger partial charge < -0.3 is 67.9 Å². The summed E-state index contributed by atoms with van der Waals surface area (Å²) in [7, 11) is 0. The van der Waals surface area contributed by atoms with E-state index in [1.165, 1.54) is 16.7 Å². The van der Waals surface area contributed by atoms with E-state index in [-0.39, 0.29) is 25.3 Å². The van der Waals surface area contributed by atoms with Crippen LogP contribution in [0.3, 0.4) is 0 Å². The van der Waals surface area contributed by atoms with Crippen molar-refractivity contribution in [2.75, 3.05) is 59.0 Å². The Morgan fingerprint density at radius 1 is 0.750 bits per heavy atom. The second-order valence-electron chi connectivity index (χ2n) is 15.8. The summed E-state index contributed by atoms with van der Waals surface area (Å²) < 4.78 is 0. The molecule has 4 unspecified atom stereocenters. The summed E-state index contributed by atoms with van der Waals surface area (Å²) in [6.45, 7) is 8.09. The van der Waals surface area contributed by atoms with Gasteiger partial charge in [0.1, 0.15) is 24.7 Å². The fourth-order valence-corrected chi connectivity index (χ4v) is 6.69. The highest BCUT2D eigenvalue weighted by atomic mass is 16.4. The SMILES string of the molecule is CC(C)N(CC(=O)NCC(=O)N(C(C)C)C(C)C(=O)NCC(=O)N1CCCC1C(=O)NCC(=O)O)C(=O)CNC(=O)C(CCC(N)=O)NC(=O)CNC(=O)C1CCCN1.CCCCO. The molecule has 0 spiro atoms. The zero-order valence-corrected chi connectivity index (χ0v) is 37.8. The number of carboxylic acids is 1. The van der Waals surface area contributed by atoms with Crippen LogP contribution in [0.1, 0.15) is 92.9 Å². The van der Waals surface area contributed by atoms with Crippen LogP contribution in [-0.4, -0.2) is 185 Å². The van der Waals surface area contributed by atoms with E-state index in [9.17, 15) is 52.7 Å². The number of unbranched alkanes of at least 4 members (excludes halogenated alkanes) is 1. The second kappa shape index (κ2) is 29.5. The normalized spacial score (nSPS) is 16.3. The molecule has 2 aliphatic rings. The summed E-state index contributed by atoms with van der Waals surface area (Å²) in [5.74, 6) is -7.80. The van der Waals surface area contributed by atoms with E-state index < -0.39 is 135 Å². The average molecular weight is 912 g/mol. The van der Waals surface area contributed by atoms with Crippen LogP contribution >= 0.6 is 0 Å². The van der Waals surface area contributed by atoms with Gasteiger partial charge in [-0.15, -0.1) is 0 Å². The maximum atomic E-state index is 13.3. The molecule has 64 heavy (non-hydrogen) atoms. The Morgan fingerprint density at radius 3 is 1.94 bits per heavy atom. The minimum atomic E-state index is -1.28. The third-order valence-electron chi connectivity index (χ3n) is 10.1. The molecule has 2 heterocycles. The predicted molar refractivity (Wildman–Crippen MR) is 229 cm³/mol. The van der Waals surface area contributed by atoms with Crippen molar-refractivity contribution in [1.29, 1.82) is 0 Å². The quantitative estimate of drug-likeness (QED) is 0.0415. The summed E-state index contributed by atoms with van der Waals surface area (Å²) in [5, 5.41) is 34.4. The van der Waals surface area contributed by atoms with E-state index in [1.54, 1.807) is 27.7 Å². The van der Waals surface area contributed by atoms with Crippen molar-refractivity contribution in [2.45, 2.75) is 129 Å². The number of likely N-dealkylation sites (tertiary alicyclic amines) is 1. The van der Waals surface area contributed by atoms with Gasteiger partial charge in [0.15, 0.2) is 0 Å². The summed E-state index contributed by atoms with van der Waals surface area (Å²) in [6, 6.07) is -4.75. The summed E-state index contributed by atoms with van der Waals surface area (Å²) >= 11 is 0. The molecule has 0 radical (unpaired) electrons. The summed E-state index contributed by atoms with van der Waals surface area (Å²) in [6.07, 6.45) is 3.85. The first kappa shape index (κ1) is 56.1. The minimum absolute atomic E-state index is 0.188. The first-order valence-corrected chi connectivity index (χ1v) is 21.6. The molecule has 24 nitrogen and oxygen atoms in total. The van der Waals surface area contributed by atoms with Crippen molar-refractivity contribution < 1.29 is 63.0 Å². The first-order chi connectivity index (χ1) is 30.1. The number of amides is 10. The van der Waals surface area contributed by atoms with Crippen molar-refractivity contribution in [2.24, 2.45) is 5.73 Å². The lowest BCUT2D eigenvalue weighted by Gasteiger charge is -2.32. The van der Waals surface area contributed by atoms with Gasteiger partial charge in [0.2, 0.25) is 59.1 Å². The second-order valence-corrected chi connectivity index (χ2v) is 15.8. The standard InChI is InChI=1S/C36H59N11O12.C4H10O/c1-20(2)46(30(52)16-42-35(58)24(10-11-26(37)48)44-27(49)14-40-34(57)23-8-6-12-38-23)19-28(50)39-17-31(53)47(21(3)4)22(5)33(56)41-15-29(51)45-13-7-9-25(45)36(59)43-18-32(54)55;1-2-3-4-5/h20-25,38H,6-19H2,1-5H3,(H2,37,48)(H,39,50)(H,40,57)(H,41,56)(H,42,58)(H,43,59)(H,44,49)(H,54,55);5H,2-4H2,1H3. The minimum Gasteiger partial charge on any atom is -0.480 e. The monoisotopic (exact) mass is 912 g/mol. The summed E-state index contributed by atoms with van der Waals surface area (Å²) in [5.41, 5.74) is 5.23. The number of carbonyl (C=O) groups is 11. The van der Waals surface area contributed by atoms with Crippen LogP contribution in [0.4, 0.5) is 0 Å². The number of nitrogens with one attached hydrogen (secondary N) is 7. The van der Waals surface area contributed by atoms with Gasteiger partial charge in [-0.25, -0.2) is 0 Å². The molecular formula is C40H69N11O13. The topological polar surface area (TPSA) is 348 Å². The lowest BCUT2D eigenvalue weighted by Crippen LogP contribution is -2.56. The Kier molecular flexibility index (Phi) is 25.8. The van der Waals surface area contributed by atoms with Crippen LogP contribution < -0.4 is 43.0 Å². The third kappa shape index (κ3) is 20.5. The van der Waals surface area contributed by atoms with Crippen LogP contribution in [0.15, 0.2) is 0 Å². The molecule has 11 N–H and O–H groups in total. The van der Waals surface area contributed by atoms with E-state index in [0.29, 0.717) is 32.4 Å². The number of nitrogens with two attached hydrogens (primary N) is 1. The highest BCUT2D eigenvalue weighted by Crippen LogP contribution is 2.17. The van der Waals surface area contributed by atoms with E-state index in [1.807, 2.05) is 0 Å². The van der Waals surface area contributed by atoms with Gasteiger partial charge in [0, 0.05) is 31.7 Å². The molecule has 0 aliphatic carbocycles. The van der Waals surface area contributed by atoms with Gasteiger partial charge in [-0.2, -0.15) is 0 Å². The van der Waals surface area contributed by atoms with Crippen molar-refractivity contribution >= 4 is 65.0 Å². The van der Waals surface area contributed by atoms with Gasteiger partial charge in [-0.05, 0) is 79.7 Å². The lowest BCUT2D eigenvalue weighted by molar-refractivity contribution is -0.143. The number of rotatable bonds is 25. The number of nitrogens with zero attached hydrogens (tertiary/aromatic N) is 3. The van der Waals surface area contributed by atoms with E-state index >= 15 is 0 Å². The predicted octanol–water partition coefficient (Wildman–Crippen LogP) is -4.21. The van der Waals surface area contributed by atoms with Gasteiger partial charge in [0.05, 0.1) is 38.8 Å². The molecule has 24 heteroatoms. The fraction of sp³-hybridized carbons (Fsp3) is 0.725. The van der Waals surface area contributed by atoms with Crippen molar-refractivity contribution in [3.05, 3.63) is 0 Å². The number of aliphatic carboxylic acids is 1. The highest BCUT2D eigenvalue weighted by Gasteiger charge is 2.35. The zero-order valence-electron chi connectivity index (χ0n) is 37.8. The Morgan fingerprint density at radius 2 is 1.39 bits per heavy atom. The van der Waals surface area contributed by atoms with E-state index in [2.05, 4.69) is 44.1 Å². The highest BCUT2D eigenvalue weighted by molar-refractivity contribution is 5.96. The maximum absolute atomic E-state index is 13.3. The van der Waals surface area contributed by atoms with Crippen LogP contribution in [0.2, 0.25) is 0 Å². The molecular weight excluding hydrogens is 843 g/mol.